The number of unbranched alkanes of at least 4 members (excludes halogenated alkanes) is 60. The van der Waals surface area contributed by atoms with Crippen molar-refractivity contribution < 1.29 is 78.9 Å². The van der Waals surface area contributed by atoms with E-state index in [4.69, 9.17) is 55.1 Å². The van der Waals surface area contributed by atoms with E-state index in [9.17, 15) is 0 Å². The van der Waals surface area contributed by atoms with Crippen molar-refractivity contribution >= 4 is 51.6 Å². The molecule has 792 valence electrons. The van der Waals surface area contributed by atoms with E-state index in [1.54, 1.807) is 0 Å². The molecular formula is C116H206O17P4. The molecule has 0 heterocycles. The molecule has 0 amide bonds. The summed E-state index contributed by atoms with van der Waals surface area (Å²) in [5, 5.41) is 1.39. The van der Waals surface area contributed by atoms with Gasteiger partial charge in [0.05, 0.1) is 101 Å². The van der Waals surface area contributed by atoms with Gasteiger partial charge in [0.25, 0.3) is 0 Å². The lowest BCUT2D eigenvalue weighted by molar-refractivity contribution is 0.229. The van der Waals surface area contributed by atoms with E-state index in [0.717, 1.165) is 103 Å². The van der Waals surface area contributed by atoms with Crippen LogP contribution in [0.3, 0.4) is 0 Å². The number of hydrogen-bond acceptors (Lipinski definition) is 16. The second kappa shape index (κ2) is 80.8. The highest BCUT2D eigenvalue weighted by Crippen LogP contribution is 2.54. The lowest BCUT2D eigenvalue weighted by Gasteiger charge is -2.27. The van der Waals surface area contributed by atoms with Gasteiger partial charge in [0.15, 0.2) is 0 Å². The third-order valence-corrected chi connectivity index (χ3v) is 35.4. The molecule has 5 rings (SSSR count). The standard InChI is InChI=1S/C116H204O16P4.H2O/c1-13-25-29-33-37-41-45-49-53-57-61-65-69-73-77-81-85-121-113-101-89-103-95-110(134(118,127-19-7)128-20-8)97-105(114(103)122-86-82-78-74-70-66-62-58-54-50-46-42-38-34-30-26-14-2)91-107-99-112(136(120,131-23-11)132-24-12)100-108(116(107)124-88-84-80-76-72-68-64-60-56-52-48-44-40-36-32-28-16-4)92-106-98-111(135(119,129-21-9)130-22-10)96-104(90-102(113)94-109(93-101)133(117,125-17-5)126-18-6)115(106)123-87-83-79-75-71-67-63-59-55-51-47-43-39-35-31-27-15-3;/h93-100H,13-92H2,1-12H3;1H2. The zero-order valence-corrected chi connectivity index (χ0v) is 93.6. The summed E-state index contributed by atoms with van der Waals surface area (Å²) in [4.78, 5) is 0. The Kier molecular flexibility index (Phi) is 74.3. The molecular weight excluding hydrogens is 1790 g/mol. The molecule has 4 aromatic rings. The Bertz CT molecular complexity index is 3230. The summed E-state index contributed by atoms with van der Waals surface area (Å²) in [5.41, 5.74) is 5.42. The molecule has 137 heavy (non-hydrogen) atoms. The zero-order chi connectivity index (χ0) is 97.9. The van der Waals surface area contributed by atoms with E-state index in [2.05, 4.69) is 27.7 Å². The molecule has 0 aromatic heterocycles. The van der Waals surface area contributed by atoms with Crippen molar-refractivity contribution in [2.75, 3.05) is 79.3 Å². The maximum Gasteiger partial charge on any atom is 0.361 e. The van der Waals surface area contributed by atoms with Crippen molar-refractivity contribution in [2.24, 2.45) is 0 Å². The maximum absolute atomic E-state index is 16.1. The fourth-order valence-corrected chi connectivity index (χ4v) is 26.3. The van der Waals surface area contributed by atoms with Crippen LogP contribution in [-0.4, -0.2) is 84.8 Å². The van der Waals surface area contributed by atoms with Gasteiger partial charge in [-0.1, -0.05) is 413 Å². The Morgan fingerprint density at radius 2 is 0.270 bits per heavy atom. The van der Waals surface area contributed by atoms with Crippen molar-refractivity contribution in [1.82, 2.24) is 0 Å². The summed E-state index contributed by atoms with van der Waals surface area (Å²) in [6.07, 6.45) is 79.8. The zero-order valence-electron chi connectivity index (χ0n) is 90.0. The van der Waals surface area contributed by atoms with Gasteiger partial charge in [0, 0.05) is 25.7 Å². The van der Waals surface area contributed by atoms with Gasteiger partial charge < -0.3 is 60.6 Å². The van der Waals surface area contributed by atoms with Crippen LogP contribution in [0.2, 0.25) is 0 Å². The van der Waals surface area contributed by atoms with Crippen LogP contribution in [0, 0.1) is 0 Å². The van der Waals surface area contributed by atoms with Gasteiger partial charge >= 0.3 is 30.4 Å². The number of fused-ring (bicyclic) bond motifs is 8. The van der Waals surface area contributed by atoms with Crippen molar-refractivity contribution in [3.05, 3.63) is 93.0 Å². The fourth-order valence-electron chi connectivity index (χ4n) is 19.6. The Hall–Kier alpha value is -3.36. The number of rotatable bonds is 92. The normalized spacial score (nSPS) is 12.6. The van der Waals surface area contributed by atoms with Crippen LogP contribution in [0.5, 0.6) is 23.0 Å². The average Bonchev–Trinajstić information content (AvgIpc) is 0.754. The molecule has 0 radical (unpaired) electrons. The van der Waals surface area contributed by atoms with E-state index in [1.807, 2.05) is 104 Å². The van der Waals surface area contributed by atoms with Crippen LogP contribution < -0.4 is 40.2 Å². The first kappa shape index (κ1) is 126. The summed E-state index contributed by atoms with van der Waals surface area (Å²) in [7, 11) is -16.5. The summed E-state index contributed by atoms with van der Waals surface area (Å²) < 4.78 is 146. The van der Waals surface area contributed by atoms with E-state index in [-0.39, 0.29) is 84.0 Å². The molecule has 2 N–H and O–H groups in total. The van der Waals surface area contributed by atoms with Gasteiger partial charge in [-0.15, -0.1) is 0 Å². The van der Waals surface area contributed by atoms with Gasteiger partial charge in [0.2, 0.25) is 0 Å². The first-order valence-corrected chi connectivity index (χ1v) is 63.5. The maximum atomic E-state index is 16.1. The van der Waals surface area contributed by atoms with Crippen LogP contribution in [0.15, 0.2) is 48.5 Å². The molecule has 0 fully saturated rings. The molecule has 8 bridgehead atoms. The predicted octanol–water partition coefficient (Wildman–Crippen LogP) is 35.7. The molecule has 0 aliphatic heterocycles. The molecule has 0 unspecified atom stereocenters. The minimum atomic E-state index is -4.12. The summed E-state index contributed by atoms with van der Waals surface area (Å²) in [6.45, 7) is 26.3. The van der Waals surface area contributed by atoms with Crippen molar-refractivity contribution in [1.29, 1.82) is 0 Å². The molecule has 0 saturated carbocycles. The van der Waals surface area contributed by atoms with Gasteiger partial charge in [0.1, 0.15) is 23.0 Å². The van der Waals surface area contributed by atoms with E-state index < -0.39 is 30.4 Å². The van der Waals surface area contributed by atoms with Crippen LogP contribution in [0.25, 0.3) is 0 Å². The van der Waals surface area contributed by atoms with Crippen LogP contribution in [0.1, 0.15) is 539 Å². The topological polar surface area (TPSA) is 211 Å². The smallest absolute Gasteiger partial charge is 0.361 e. The number of hydrogen-bond donors (Lipinski definition) is 0. The lowest BCUT2D eigenvalue weighted by Crippen LogP contribution is -2.20. The first-order chi connectivity index (χ1) is 66.6. The summed E-state index contributed by atoms with van der Waals surface area (Å²) in [5.74, 6) is 2.34. The van der Waals surface area contributed by atoms with Gasteiger partial charge in [-0.25, -0.2) is 0 Å². The number of benzene rings is 4. The molecule has 21 heteroatoms. The monoisotopic (exact) mass is 2000 g/mol. The Morgan fingerprint density at radius 3 is 0.372 bits per heavy atom. The van der Waals surface area contributed by atoms with Gasteiger partial charge in [-0.05, 0) is 174 Å². The quantitative estimate of drug-likeness (QED) is 0.0262. The minimum Gasteiger partial charge on any atom is -0.493 e. The van der Waals surface area contributed by atoms with E-state index in [1.165, 1.54) is 308 Å². The van der Waals surface area contributed by atoms with Crippen LogP contribution in [-0.2, 0) is 80.1 Å². The third kappa shape index (κ3) is 52.0. The number of ether oxygens (including phenoxy) is 4. The highest BCUT2D eigenvalue weighted by Gasteiger charge is 2.37. The molecule has 17 nitrogen and oxygen atoms in total. The highest BCUT2D eigenvalue weighted by atomic mass is 31.2. The van der Waals surface area contributed by atoms with Crippen LogP contribution in [0.4, 0.5) is 0 Å². The summed E-state index contributed by atoms with van der Waals surface area (Å²) >= 11 is 0. The minimum absolute atomic E-state index is 0. The van der Waals surface area contributed by atoms with E-state index >= 15 is 18.3 Å². The van der Waals surface area contributed by atoms with Crippen molar-refractivity contribution in [3.63, 3.8) is 0 Å². The van der Waals surface area contributed by atoms with Crippen molar-refractivity contribution in [3.8, 4) is 23.0 Å². The van der Waals surface area contributed by atoms with Gasteiger partial charge in [-0.2, -0.15) is 0 Å². The second-order valence-corrected chi connectivity index (χ2v) is 47.1. The molecule has 0 spiro atoms. The third-order valence-electron chi connectivity index (χ3n) is 27.1. The molecule has 4 aromatic carbocycles. The van der Waals surface area contributed by atoms with Crippen molar-refractivity contribution in [2.45, 2.75) is 520 Å². The Labute approximate surface area is 840 Å². The predicted molar refractivity (Wildman–Crippen MR) is 583 cm³/mol. The largest absolute Gasteiger partial charge is 0.493 e. The van der Waals surface area contributed by atoms with Crippen LogP contribution >= 0.6 is 30.4 Å². The summed E-state index contributed by atoms with van der Waals surface area (Å²) in [6, 6.07) is 15.5. The SMILES string of the molecule is CCCCCCCCCCCCCCCCCCOc1c2cc(P(=O)(OCC)OCC)cc1Cc1cc(P(=O)(OCC)OCC)cc(c1OCCCCCCCCCCCCCCCCCC)Cc1cc(P(=O)(OCC)OCC)cc(c1OCCCCCCCCCCCCCCCCCC)Cc1cc(P(=O)(OCC)OCC)cc(c1OCCCCCCCCCCCCCCCCCC)C2.O. The first-order valence-electron chi connectivity index (χ1n) is 57.3. The molecule has 1 aliphatic carbocycles. The molecule has 0 saturated heterocycles. The van der Waals surface area contributed by atoms with Gasteiger partial charge in [-0.3, -0.25) is 18.3 Å². The molecule has 0 atom stereocenters. The average molecular weight is 2000 g/mol. The Morgan fingerprint density at radius 1 is 0.168 bits per heavy atom. The lowest BCUT2D eigenvalue weighted by atomic mass is 9.91. The van der Waals surface area contributed by atoms with E-state index in [0.29, 0.717) is 115 Å². The Balaban J connectivity index is 0.0000392. The fraction of sp³-hybridized carbons (Fsp3) is 0.793. The highest BCUT2D eigenvalue weighted by molar-refractivity contribution is 7.63. The second-order valence-electron chi connectivity index (χ2n) is 39.0. The molecule has 1 aliphatic rings.